The van der Waals surface area contributed by atoms with Gasteiger partial charge in [0.25, 0.3) is 0 Å². The molecular weight excluding hydrogens is 477 g/mol. The summed E-state index contributed by atoms with van der Waals surface area (Å²) in [5.41, 5.74) is 1.24. The summed E-state index contributed by atoms with van der Waals surface area (Å²) in [6.45, 7) is 3.52. The zero-order valence-corrected chi connectivity index (χ0v) is 20.1. The third kappa shape index (κ3) is 7.04. The highest BCUT2D eigenvalue weighted by Gasteiger charge is 2.32. The van der Waals surface area contributed by atoms with Gasteiger partial charge >= 0.3 is 0 Å². The molecule has 7 heteroatoms. The Kier molecular flexibility index (Phi) is 10.0. The summed E-state index contributed by atoms with van der Waals surface area (Å²) in [7, 11) is 3.93. The van der Waals surface area contributed by atoms with Gasteiger partial charge in [-0.05, 0) is 37.8 Å². The highest BCUT2D eigenvalue weighted by atomic mass is 127. The Morgan fingerprint density at radius 3 is 2.62 bits per heavy atom. The van der Waals surface area contributed by atoms with Crippen molar-refractivity contribution in [1.29, 1.82) is 0 Å². The van der Waals surface area contributed by atoms with E-state index in [9.17, 15) is 4.79 Å². The van der Waals surface area contributed by atoms with Crippen molar-refractivity contribution in [1.82, 2.24) is 15.5 Å². The second-order valence-electron chi connectivity index (χ2n) is 8.01. The first-order valence-corrected chi connectivity index (χ1v) is 10.7. The van der Waals surface area contributed by atoms with Gasteiger partial charge in [0, 0.05) is 57.9 Å². The average molecular weight is 513 g/mol. The summed E-state index contributed by atoms with van der Waals surface area (Å²) < 4.78 is 0. The van der Waals surface area contributed by atoms with Gasteiger partial charge in [-0.3, -0.25) is 9.79 Å². The third-order valence-corrected chi connectivity index (χ3v) is 5.93. The molecule has 1 aromatic carbocycles. The number of nitrogens with one attached hydrogen (secondary N) is 2. The smallest absolute Gasteiger partial charge is 0.225 e. The topological polar surface area (TPSA) is 60.0 Å². The maximum Gasteiger partial charge on any atom is 0.225 e. The van der Waals surface area contributed by atoms with Crippen molar-refractivity contribution in [3.63, 3.8) is 0 Å². The molecule has 3 rings (SSSR count). The Balaban J connectivity index is 0.00000300. The molecule has 1 amide bonds. The minimum absolute atomic E-state index is 0. The van der Waals surface area contributed by atoms with Crippen molar-refractivity contribution in [3.8, 4) is 0 Å². The molecule has 1 heterocycles. The highest BCUT2D eigenvalue weighted by molar-refractivity contribution is 14.0. The molecule has 2 aliphatic rings. The van der Waals surface area contributed by atoms with Crippen LogP contribution in [-0.4, -0.2) is 63.1 Å². The quantitative estimate of drug-likeness (QED) is 0.255. The molecule has 0 spiro atoms. The molecule has 0 radical (unpaired) electrons. The molecule has 0 bridgehead atoms. The summed E-state index contributed by atoms with van der Waals surface area (Å²) >= 11 is 0. The first-order valence-electron chi connectivity index (χ1n) is 10.7. The monoisotopic (exact) mass is 513 g/mol. The van der Waals surface area contributed by atoms with E-state index in [-0.39, 0.29) is 29.9 Å². The summed E-state index contributed by atoms with van der Waals surface area (Å²) in [6, 6.07) is 10.7. The number of carbonyl (C=O) groups excluding carboxylic acids is 1. The normalized spacial score (nSPS) is 19.7. The number of carbonyl (C=O) groups is 1. The molecule has 1 saturated carbocycles. The zero-order valence-electron chi connectivity index (χ0n) is 17.8. The van der Waals surface area contributed by atoms with E-state index in [1.54, 1.807) is 0 Å². The van der Waals surface area contributed by atoms with Crippen LogP contribution in [0.3, 0.4) is 0 Å². The maximum absolute atomic E-state index is 12.6. The first kappa shape index (κ1) is 23.8. The zero-order chi connectivity index (χ0) is 19.8. The number of hydrogen-bond acceptors (Lipinski definition) is 3. The molecular formula is C22H36IN5O. The molecule has 1 aliphatic heterocycles. The largest absolute Gasteiger partial charge is 0.375 e. The van der Waals surface area contributed by atoms with Gasteiger partial charge < -0.3 is 20.4 Å². The van der Waals surface area contributed by atoms with Crippen molar-refractivity contribution in [2.45, 2.75) is 44.6 Å². The fourth-order valence-electron chi connectivity index (χ4n) is 4.23. The lowest BCUT2D eigenvalue weighted by Crippen LogP contribution is -2.45. The number of halogens is 1. The van der Waals surface area contributed by atoms with Gasteiger partial charge in [0.15, 0.2) is 5.96 Å². The number of amides is 1. The molecule has 1 atom stereocenters. The van der Waals surface area contributed by atoms with E-state index in [0.29, 0.717) is 11.9 Å². The van der Waals surface area contributed by atoms with E-state index in [2.05, 4.69) is 56.7 Å². The molecule has 29 heavy (non-hydrogen) atoms. The second-order valence-corrected chi connectivity index (χ2v) is 8.01. The number of rotatable bonds is 7. The molecule has 6 nitrogen and oxygen atoms in total. The molecule has 2 N–H and O–H groups in total. The number of anilines is 1. The van der Waals surface area contributed by atoms with Crippen molar-refractivity contribution in [2.24, 2.45) is 10.9 Å². The van der Waals surface area contributed by atoms with Crippen LogP contribution in [0.2, 0.25) is 0 Å². The molecule has 1 aliphatic carbocycles. The summed E-state index contributed by atoms with van der Waals surface area (Å²) in [6.07, 6.45) is 6.60. The lowest BCUT2D eigenvalue weighted by atomic mass is 10.1. The molecule has 0 aromatic heterocycles. The number of guanidine groups is 1. The van der Waals surface area contributed by atoms with Crippen molar-refractivity contribution in [3.05, 3.63) is 30.3 Å². The second kappa shape index (κ2) is 12.2. The van der Waals surface area contributed by atoms with Gasteiger partial charge in [-0.15, -0.1) is 24.0 Å². The molecule has 1 aromatic rings. The fraction of sp³-hybridized carbons (Fsp3) is 0.636. The van der Waals surface area contributed by atoms with Crippen molar-refractivity contribution in [2.75, 3.05) is 45.2 Å². The molecule has 1 unspecified atom stereocenters. The van der Waals surface area contributed by atoms with E-state index < -0.39 is 0 Å². The summed E-state index contributed by atoms with van der Waals surface area (Å²) in [5, 5.41) is 6.90. The van der Waals surface area contributed by atoms with Crippen molar-refractivity contribution >= 4 is 41.5 Å². The van der Waals surface area contributed by atoms with Crippen LogP contribution in [0.4, 0.5) is 5.69 Å². The predicted molar refractivity (Wildman–Crippen MR) is 131 cm³/mol. The number of para-hydroxylation sites is 1. The van der Waals surface area contributed by atoms with E-state index in [4.69, 9.17) is 0 Å². The fourth-order valence-corrected chi connectivity index (χ4v) is 4.23. The van der Waals surface area contributed by atoms with Crippen LogP contribution < -0.4 is 15.5 Å². The van der Waals surface area contributed by atoms with Gasteiger partial charge in [0.05, 0.1) is 0 Å². The number of hydrogen-bond donors (Lipinski definition) is 2. The van der Waals surface area contributed by atoms with E-state index >= 15 is 0 Å². The number of nitrogens with zero attached hydrogens (tertiary/aromatic N) is 3. The van der Waals surface area contributed by atoms with Crippen LogP contribution in [0.15, 0.2) is 35.3 Å². The Morgan fingerprint density at radius 2 is 1.93 bits per heavy atom. The number of benzene rings is 1. The average Bonchev–Trinajstić information content (AvgIpc) is 3.42. The van der Waals surface area contributed by atoms with E-state index in [0.717, 1.165) is 57.8 Å². The van der Waals surface area contributed by atoms with Gasteiger partial charge in [-0.2, -0.15) is 0 Å². The minimum Gasteiger partial charge on any atom is -0.375 e. The van der Waals surface area contributed by atoms with Crippen LogP contribution in [-0.2, 0) is 4.79 Å². The van der Waals surface area contributed by atoms with Crippen molar-refractivity contribution < 1.29 is 4.79 Å². The molecule has 162 valence electrons. The lowest BCUT2D eigenvalue weighted by molar-refractivity contribution is -0.134. The van der Waals surface area contributed by atoms with Gasteiger partial charge in [-0.1, -0.05) is 31.0 Å². The Hall–Kier alpha value is -1.51. The Bertz CT molecular complexity index is 648. The summed E-state index contributed by atoms with van der Waals surface area (Å²) in [5.74, 6) is 1.48. The molecule has 2 fully saturated rings. The minimum atomic E-state index is 0. The number of aliphatic imine (C=N–C) groups is 1. The summed E-state index contributed by atoms with van der Waals surface area (Å²) in [4.78, 5) is 21.3. The Morgan fingerprint density at radius 1 is 1.21 bits per heavy atom. The van der Waals surface area contributed by atoms with Gasteiger partial charge in [-0.25, -0.2) is 0 Å². The SMILES string of the molecule is CN=C(NCCCN(C)c1ccccc1)NC1CCN(C(=O)C2CCCC2)C1.I. The third-order valence-electron chi connectivity index (χ3n) is 5.93. The first-order chi connectivity index (χ1) is 13.7. The van der Waals surface area contributed by atoms with Gasteiger partial charge in [0.2, 0.25) is 5.91 Å². The van der Waals surface area contributed by atoms with Crippen LogP contribution >= 0.6 is 24.0 Å². The predicted octanol–water partition coefficient (Wildman–Crippen LogP) is 3.09. The Labute approximate surface area is 192 Å². The van der Waals surface area contributed by atoms with Crippen LogP contribution in [0.25, 0.3) is 0 Å². The maximum atomic E-state index is 12.6. The van der Waals surface area contributed by atoms with Crippen LogP contribution in [0.1, 0.15) is 38.5 Å². The highest BCUT2D eigenvalue weighted by Crippen LogP contribution is 2.27. The van der Waals surface area contributed by atoms with Crippen LogP contribution in [0, 0.1) is 5.92 Å². The number of likely N-dealkylation sites (tertiary alicyclic amines) is 1. The van der Waals surface area contributed by atoms with E-state index in [1.807, 2.05) is 13.1 Å². The van der Waals surface area contributed by atoms with E-state index in [1.165, 1.54) is 18.5 Å². The standard InChI is InChI=1S/C22H35N5O.HI/c1-23-22(24-14-8-15-26(2)20-11-4-3-5-12-20)25-19-13-16-27(17-19)21(28)18-9-6-7-10-18;/h3-5,11-12,18-19H,6-10,13-17H2,1-2H3,(H2,23,24,25);1H. The van der Waals surface area contributed by atoms with Crippen LogP contribution in [0.5, 0.6) is 0 Å². The van der Waals surface area contributed by atoms with Gasteiger partial charge in [0.1, 0.15) is 0 Å². The molecule has 1 saturated heterocycles. The lowest BCUT2D eigenvalue weighted by Gasteiger charge is -2.22.